The molecule has 1 aliphatic rings. The van der Waals surface area contributed by atoms with Crippen LogP contribution < -0.4 is 0 Å². The van der Waals surface area contributed by atoms with E-state index in [1.165, 1.54) is 11.8 Å². The van der Waals surface area contributed by atoms with Gasteiger partial charge in [-0.2, -0.15) is 0 Å². The molecule has 1 unspecified atom stereocenters. The van der Waals surface area contributed by atoms with Crippen molar-refractivity contribution in [3.8, 4) is 0 Å². The first-order valence-corrected chi connectivity index (χ1v) is 10.5. The number of carbonyl (C=O) groups excluding carboxylic acids is 2. The molecule has 150 valence electrons. The number of esters is 1. The fourth-order valence-electron chi connectivity index (χ4n) is 3.72. The third kappa shape index (κ3) is 3.40. The third-order valence-electron chi connectivity index (χ3n) is 5.54. The van der Waals surface area contributed by atoms with Crippen LogP contribution in [0, 0.1) is 5.41 Å². The van der Waals surface area contributed by atoms with E-state index in [1.54, 1.807) is 29.2 Å². The number of hydrogen-bond donors (Lipinski definition) is 0. The monoisotopic (exact) mass is 410 g/mol. The van der Waals surface area contributed by atoms with Crippen molar-refractivity contribution in [1.29, 1.82) is 0 Å². The molecule has 0 saturated carbocycles. The fraction of sp³-hybridized carbons (Fsp3) is 0.318. The number of likely N-dealkylation sites (tertiary alicyclic amines) is 1. The molecular weight excluding hydrogens is 388 g/mol. The van der Waals surface area contributed by atoms with Crippen molar-refractivity contribution in [3.05, 3.63) is 60.2 Å². The Balaban J connectivity index is 1.52. The number of thioether (sulfide) groups is 1. The van der Waals surface area contributed by atoms with Gasteiger partial charge in [0.25, 0.3) is 5.22 Å². The Morgan fingerprint density at radius 2 is 1.83 bits per heavy atom. The first kappa shape index (κ1) is 19.5. The molecule has 4 rings (SSSR count). The predicted molar refractivity (Wildman–Crippen MR) is 110 cm³/mol. The van der Waals surface area contributed by atoms with Gasteiger partial charge in [-0.25, -0.2) is 9.78 Å². The number of rotatable bonds is 7. The number of aromatic nitrogens is 1. The van der Waals surface area contributed by atoms with Gasteiger partial charge in [-0.05, 0) is 48.9 Å². The van der Waals surface area contributed by atoms with Crippen LogP contribution in [-0.2, 0) is 9.53 Å². The van der Waals surface area contributed by atoms with Crippen LogP contribution in [0.25, 0.3) is 11.1 Å². The van der Waals surface area contributed by atoms with E-state index in [0.29, 0.717) is 29.2 Å². The third-order valence-corrected chi connectivity index (χ3v) is 6.84. The highest BCUT2D eigenvalue weighted by Gasteiger charge is 2.59. The summed E-state index contributed by atoms with van der Waals surface area (Å²) in [5.41, 5.74) is 1.44. The molecule has 7 heteroatoms. The molecule has 0 radical (unpaired) electrons. The maximum Gasteiger partial charge on any atom is 0.339 e. The van der Waals surface area contributed by atoms with Gasteiger partial charge in [0, 0.05) is 0 Å². The van der Waals surface area contributed by atoms with Crippen LogP contribution in [0.5, 0.6) is 0 Å². The van der Waals surface area contributed by atoms with E-state index in [0.717, 1.165) is 5.52 Å². The van der Waals surface area contributed by atoms with E-state index in [2.05, 4.69) is 4.98 Å². The lowest BCUT2D eigenvalue weighted by Crippen LogP contribution is -2.67. The number of oxazole rings is 1. The van der Waals surface area contributed by atoms with Crippen LogP contribution in [0.1, 0.15) is 37.0 Å². The number of β-lactam (4-membered cyclic amide) rings is 1. The lowest BCUT2D eigenvalue weighted by Gasteiger charge is -2.54. The Morgan fingerprint density at radius 1 is 1.14 bits per heavy atom. The molecule has 2 heterocycles. The highest BCUT2D eigenvalue weighted by molar-refractivity contribution is 7.99. The summed E-state index contributed by atoms with van der Waals surface area (Å²) in [6.07, 6.45) is 1.40. The van der Waals surface area contributed by atoms with E-state index in [1.807, 2.05) is 44.2 Å². The molecule has 1 aliphatic heterocycles. The van der Waals surface area contributed by atoms with Crippen molar-refractivity contribution in [3.63, 3.8) is 0 Å². The first-order chi connectivity index (χ1) is 14.1. The minimum atomic E-state index is -0.509. The Labute approximate surface area is 173 Å². The van der Waals surface area contributed by atoms with Crippen molar-refractivity contribution < 1.29 is 18.7 Å². The largest absolute Gasteiger partial charge is 0.441 e. The Kier molecular flexibility index (Phi) is 5.32. The fourth-order valence-corrected chi connectivity index (χ4v) is 5.14. The van der Waals surface area contributed by atoms with Crippen LogP contribution >= 0.6 is 11.8 Å². The molecular formula is C22H22N2O4S. The van der Waals surface area contributed by atoms with Crippen molar-refractivity contribution >= 4 is 34.7 Å². The number of amides is 1. The van der Waals surface area contributed by atoms with Crippen LogP contribution in [0.2, 0.25) is 0 Å². The van der Waals surface area contributed by atoms with Gasteiger partial charge in [-0.1, -0.05) is 44.2 Å². The summed E-state index contributed by atoms with van der Waals surface area (Å²) < 4.78 is 11.3. The predicted octanol–water partition coefficient (Wildman–Crippen LogP) is 4.71. The van der Waals surface area contributed by atoms with E-state index in [-0.39, 0.29) is 18.0 Å². The summed E-state index contributed by atoms with van der Waals surface area (Å²) in [4.78, 5) is 31.3. The summed E-state index contributed by atoms with van der Waals surface area (Å²) in [5, 5.41) is 0.302. The normalized spacial score (nSPS) is 17.9. The lowest BCUT2D eigenvalue weighted by molar-refractivity contribution is -0.172. The summed E-state index contributed by atoms with van der Waals surface area (Å²) in [5.74, 6) is -0.452. The molecule has 0 bridgehead atoms. The highest BCUT2D eigenvalue weighted by atomic mass is 32.2. The van der Waals surface area contributed by atoms with E-state index < -0.39 is 11.4 Å². The number of ether oxygens (including phenoxy) is 1. The smallest absolute Gasteiger partial charge is 0.339 e. The molecule has 29 heavy (non-hydrogen) atoms. The molecule has 2 aromatic carbocycles. The number of nitrogens with zero attached hydrogens (tertiary/aromatic N) is 2. The van der Waals surface area contributed by atoms with Crippen LogP contribution in [0.4, 0.5) is 0 Å². The Morgan fingerprint density at radius 3 is 2.52 bits per heavy atom. The summed E-state index contributed by atoms with van der Waals surface area (Å²) in [7, 11) is 0. The van der Waals surface area contributed by atoms with E-state index >= 15 is 0 Å². The van der Waals surface area contributed by atoms with Crippen LogP contribution in [-0.4, -0.2) is 33.9 Å². The molecule has 1 aromatic heterocycles. The Bertz CT molecular complexity index is 996. The zero-order valence-electron chi connectivity index (χ0n) is 16.3. The molecule has 3 aromatic rings. The topological polar surface area (TPSA) is 72.6 Å². The second-order valence-corrected chi connectivity index (χ2v) is 8.01. The maximum absolute atomic E-state index is 12.9. The molecule has 1 fully saturated rings. The quantitative estimate of drug-likeness (QED) is 0.415. The second kappa shape index (κ2) is 7.91. The molecule has 6 nitrogen and oxygen atoms in total. The second-order valence-electron chi connectivity index (χ2n) is 6.98. The van der Waals surface area contributed by atoms with Crippen molar-refractivity contribution in [2.45, 2.75) is 37.3 Å². The van der Waals surface area contributed by atoms with E-state index in [4.69, 9.17) is 9.15 Å². The zero-order chi connectivity index (χ0) is 20.4. The van der Waals surface area contributed by atoms with Crippen molar-refractivity contribution in [2.24, 2.45) is 5.41 Å². The summed E-state index contributed by atoms with van der Waals surface area (Å²) in [6.45, 7) is 3.93. The van der Waals surface area contributed by atoms with Gasteiger partial charge in [-0.15, -0.1) is 0 Å². The minimum Gasteiger partial charge on any atom is -0.441 e. The van der Waals surface area contributed by atoms with Gasteiger partial charge in [0.15, 0.2) is 12.3 Å². The average molecular weight is 410 g/mol. The van der Waals surface area contributed by atoms with Gasteiger partial charge in [0.05, 0.1) is 11.0 Å². The SMILES string of the molecule is CCC1(CC)C(=O)N(COC(=O)c2ccccc2)C1Sc1nc2ccccc2o1. The summed E-state index contributed by atoms with van der Waals surface area (Å²) in [6, 6.07) is 16.3. The van der Waals surface area contributed by atoms with Gasteiger partial charge >= 0.3 is 5.97 Å². The highest BCUT2D eigenvalue weighted by Crippen LogP contribution is 2.52. The molecule has 1 saturated heterocycles. The average Bonchev–Trinajstić information content (AvgIpc) is 3.18. The molecule has 1 amide bonds. The number of fused-ring (bicyclic) bond motifs is 1. The number of para-hydroxylation sites is 2. The zero-order valence-corrected chi connectivity index (χ0v) is 17.1. The van der Waals surface area contributed by atoms with Gasteiger partial charge in [0.2, 0.25) is 5.91 Å². The van der Waals surface area contributed by atoms with Gasteiger partial charge in [0.1, 0.15) is 10.9 Å². The number of benzene rings is 2. The minimum absolute atomic E-state index is 0.00280. The molecule has 0 spiro atoms. The molecule has 0 aliphatic carbocycles. The van der Waals surface area contributed by atoms with Crippen molar-refractivity contribution in [1.82, 2.24) is 9.88 Å². The van der Waals surface area contributed by atoms with Gasteiger partial charge < -0.3 is 9.15 Å². The summed E-state index contributed by atoms with van der Waals surface area (Å²) >= 11 is 1.41. The lowest BCUT2D eigenvalue weighted by atomic mass is 9.74. The standard InChI is InChI=1S/C22H22N2O4S/c1-3-22(4-2)19(26)24(14-27-18(25)15-10-6-5-7-11-15)20(22)29-21-23-16-12-8-9-13-17(16)28-21/h5-13,20H,3-4,14H2,1-2H3. The first-order valence-electron chi connectivity index (χ1n) is 9.64. The van der Waals surface area contributed by atoms with Gasteiger partial charge in [-0.3, -0.25) is 9.69 Å². The number of hydrogen-bond acceptors (Lipinski definition) is 6. The Hall–Kier alpha value is -2.80. The number of carbonyl (C=O) groups is 2. The molecule has 1 atom stereocenters. The maximum atomic E-state index is 12.9. The van der Waals surface area contributed by atoms with Crippen molar-refractivity contribution in [2.75, 3.05) is 6.73 Å². The van der Waals surface area contributed by atoms with Crippen LogP contribution in [0.15, 0.2) is 64.2 Å². The van der Waals surface area contributed by atoms with Crippen LogP contribution in [0.3, 0.4) is 0 Å². The van der Waals surface area contributed by atoms with E-state index in [9.17, 15) is 9.59 Å². The molecule has 0 N–H and O–H groups in total.